The molecule has 28 heavy (non-hydrogen) atoms. The Kier molecular flexibility index (Phi) is 6.84. The molecule has 0 radical (unpaired) electrons. The number of hydrogen-bond acceptors (Lipinski definition) is 6. The maximum atomic E-state index is 10.7. The van der Waals surface area contributed by atoms with Crippen LogP contribution < -0.4 is 14.8 Å². The molecule has 0 amide bonds. The zero-order chi connectivity index (χ0) is 19.9. The first-order valence-corrected chi connectivity index (χ1v) is 9.51. The predicted octanol–water partition coefficient (Wildman–Crippen LogP) is 3.37. The molecule has 1 aliphatic heterocycles. The molecule has 1 fully saturated rings. The number of non-ortho nitro benzene ring substituents is 1. The highest BCUT2D eigenvalue weighted by Gasteiger charge is 2.19. The second-order valence-corrected chi connectivity index (χ2v) is 7.06. The minimum Gasteiger partial charge on any atom is -0.493 e. The highest BCUT2D eigenvalue weighted by molar-refractivity contribution is 5.43. The number of nitro benzene ring substituents is 1. The van der Waals surface area contributed by atoms with Crippen LogP contribution in [-0.2, 0) is 13.2 Å². The van der Waals surface area contributed by atoms with Gasteiger partial charge in [-0.05, 0) is 61.8 Å². The fourth-order valence-electron chi connectivity index (χ4n) is 3.50. The number of likely N-dealkylation sites (tertiary alicyclic amines) is 1. The van der Waals surface area contributed by atoms with E-state index >= 15 is 0 Å². The lowest BCUT2D eigenvalue weighted by molar-refractivity contribution is -0.384. The van der Waals surface area contributed by atoms with Crippen LogP contribution in [0.5, 0.6) is 11.5 Å². The Morgan fingerprint density at radius 3 is 2.61 bits per heavy atom. The third kappa shape index (κ3) is 5.21. The summed E-state index contributed by atoms with van der Waals surface area (Å²) in [5.74, 6) is 1.36. The first-order chi connectivity index (χ1) is 13.6. The predicted molar refractivity (Wildman–Crippen MR) is 108 cm³/mol. The SMILES string of the molecule is CNC1CCCN(Cc2ccc(OCc3ccc([N+](=O)[O-])cc3)c(OC)c2)C1. The molecule has 2 aromatic rings. The van der Waals surface area contributed by atoms with Crippen molar-refractivity contribution in [3.63, 3.8) is 0 Å². The van der Waals surface area contributed by atoms with Crippen LogP contribution >= 0.6 is 0 Å². The quantitative estimate of drug-likeness (QED) is 0.555. The van der Waals surface area contributed by atoms with Crippen molar-refractivity contribution in [1.82, 2.24) is 10.2 Å². The van der Waals surface area contributed by atoms with Crippen LogP contribution in [0.15, 0.2) is 42.5 Å². The molecule has 0 bridgehead atoms. The summed E-state index contributed by atoms with van der Waals surface area (Å²) < 4.78 is 11.4. The number of ether oxygens (including phenoxy) is 2. The second kappa shape index (κ2) is 9.52. The van der Waals surface area contributed by atoms with E-state index in [0.29, 0.717) is 24.1 Å². The number of nitrogens with one attached hydrogen (secondary N) is 1. The van der Waals surface area contributed by atoms with Crippen molar-refractivity contribution in [3.8, 4) is 11.5 Å². The summed E-state index contributed by atoms with van der Waals surface area (Å²) in [5, 5.41) is 14.1. The van der Waals surface area contributed by atoms with Gasteiger partial charge in [-0.25, -0.2) is 0 Å². The molecule has 0 aliphatic carbocycles. The average molecular weight is 385 g/mol. The second-order valence-electron chi connectivity index (χ2n) is 7.06. The highest BCUT2D eigenvalue weighted by Crippen LogP contribution is 2.30. The maximum Gasteiger partial charge on any atom is 0.269 e. The topological polar surface area (TPSA) is 76.9 Å². The molecule has 1 aliphatic rings. The highest BCUT2D eigenvalue weighted by atomic mass is 16.6. The summed E-state index contributed by atoms with van der Waals surface area (Å²) in [6.45, 7) is 3.37. The third-order valence-electron chi connectivity index (χ3n) is 5.09. The van der Waals surface area contributed by atoms with Gasteiger partial charge in [0.05, 0.1) is 12.0 Å². The van der Waals surface area contributed by atoms with Gasteiger partial charge in [0.2, 0.25) is 0 Å². The molecule has 0 spiro atoms. The largest absolute Gasteiger partial charge is 0.493 e. The molecule has 150 valence electrons. The van der Waals surface area contributed by atoms with E-state index in [1.807, 2.05) is 19.2 Å². The number of hydrogen-bond donors (Lipinski definition) is 1. The monoisotopic (exact) mass is 385 g/mol. The van der Waals surface area contributed by atoms with Crippen molar-refractivity contribution >= 4 is 5.69 Å². The lowest BCUT2D eigenvalue weighted by atomic mass is 10.0. The Labute approximate surface area is 165 Å². The van der Waals surface area contributed by atoms with Crippen molar-refractivity contribution in [2.75, 3.05) is 27.2 Å². The summed E-state index contributed by atoms with van der Waals surface area (Å²) >= 11 is 0. The number of rotatable bonds is 8. The molecule has 0 aromatic heterocycles. The van der Waals surface area contributed by atoms with Gasteiger partial charge >= 0.3 is 0 Å². The third-order valence-corrected chi connectivity index (χ3v) is 5.09. The van der Waals surface area contributed by atoms with Gasteiger partial charge in [-0.3, -0.25) is 15.0 Å². The van der Waals surface area contributed by atoms with Crippen molar-refractivity contribution in [2.45, 2.75) is 32.0 Å². The molecular formula is C21H27N3O4. The van der Waals surface area contributed by atoms with Crippen LogP contribution in [0, 0.1) is 10.1 Å². The molecular weight excluding hydrogens is 358 g/mol. The van der Waals surface area contributed by atoms with Crippen molar-refractivity contribution in [3.05, 3.63) is 63.7 Å². The van der Waals surface area contributed by atoms with Crippen LogP contribution in [0.3, 0.4) is 0 Å². The van der Waals surface area contributed by atoms with E-state index in [4.69, 9.17) is 9.47 Å². The minimum atomic E-state index is -0.409. The van der Waals surface area contributed by atoms with Crippen molar-refractivity contribution in [1.29, 1.82) is 0 Å². The van der Waals surface area contributed by atoms with Gasteiger partial charge in [0.15, 0.2) is 11.5 Å². The number of nitro groups is 1. The molecule has 1 atom stereocenters. The summed E-state index contributed by atoms with van der Waals surface area (Å²) in [6, 6.07) is 12.9. The Balaban J connectivity index is 1.61. The van der Waals surface area contributed by atoms with E-state index in [9.17, 15) is 10.1 Å². The van der Waals surface area contributed by atoms with Gasteiger partial charge in [0, 0.05) is 31.3 Å². The van der Waals surface area contributed by atoms with E-state index in [1.54, 1.807) is 19.2 Å². The average Bonchev–Trinajstić information content (AvgIpc) is 2.73. The van der Waals surface area contributed by atoms with Crippen LogP contribution in [0.4, 0.5) is 5.69 Å². The van der Waals surface area contributed by atoms with Gasteiger partial charge in [-0.1, -0.05) is 6.07 Å². The molecule has 1 saturated heterocycles. The number of likely N-dealkylation sites (N-methyl/N-ethyl adjacent to an activating group) is 1. The van der Waals surface area contributed by atoms with Crippen molar-refractivity contribution < 1.29 is 14.4 Å². The molecule has 0 saturated carbocycles. The van der Waals surface area contributed by atoms with E-state index in [1.165, 1.54) is 30.5 Å². The van der Waals surface area contributed by atoms with E-state index in [0.717, 1.165) is 25.2 Å². The van der Waals surface area contributed by atoms with Crippen LogP contribution in [-0.4, -0.2) is 43.1 Å². The van der Waals surface area contributed by atoms with E-state index < -0.39 is 4.92 Å². The summed E-state index contributed by atoms with van der Waals surface area (Å²) in [6.07, 6.45) is 2.44. The normalized spacial score (nSPS) is 17.3. The molecule has 7 heteroatoms. The van der Waals surface area contributed by atoms with Gasteiger partial charge in [0.1, 0.15) is 6.61 Å². The van der Waals surface area contributed by atoms with Gasteiger partial charge in [-0.15, -0.1) is 0 Å². The zero-order valence-electron chi connectivity index (χ0n) is 16.4. The standard InChI is InChI=1S/C21H27N3O4/c1-22-18-4-3-11-23(14-18)13-17-7-10-20(21(12-17)27-2)28-15-16-5-8-19(9-6-16)24(25)26/h5-10,12,18,22H,3-4,11,13-15H2,1-2H3. The first kappa shape index (κ1) is 20.1. The summed E-state index contributed by atoms with van der Waals surface area (Å²) in [7, 11) is 3.66. The minimum absolute atomic E-state index is 0.0731. The van der Waals surface area contributed by atoms with Crippen molar-refractivity contribution in [2.24, 2.45) is 0 Å². The lowest BCUT2D eigenvalue weighted by Crippen LogP contribution is -2.43. The molecule has 1 heterocycles. The Bertz CT molecular complexity index is 795. The number of piperidine rings is 1. The first-order valence-electron chi connectivity index (χ1n) is 9.51. The van der Waals surface area contributed by atoms with Gasteiger partial charge in [-0.2, -0.15) is 0 Å². The fourth-order valence-corrected chi connectivity index (χ4v) is 3.50. The summed E-state index contributed by atoms with van der Waals surface area (Å²) in [5.41, 5.74) is 2.13. The van der Waals surface area contributed by atoms with Crippen LogP contribution in [0.1, 0.15) is 24.0 Å². The Morgan fingerprint density at radius 1 is 1.18 bits per heavy atom. The fraction of sp³-hybridized carbons (Fsp3) is 0.429. The number of nitrogens with zero attached hydrogens (tertiary/aromatic N) is 2. The number of methoxy groups -OCH3 is 1. The summed E-state index contributed by atoms with van der Waals surface area (Å²) in [4.78, 5) is 12.8. The van der Waals surface area contributed by atoms with Gasteiger partial charge < -0.3 is 14.8 Å². The van der Waals surface area contributed by atoms with E-state index in [-0.39, 0.29) is 5.69 Å². The molecule has 3 rings (SSSR count). The van der Waals surface area contributed by atoms with Crippen LogP contribution in [0.25, 0.3) is 0 Å². The maximum absolute atomic E-state index is 10.7. The van der Waals surface area contributed by atoms with E-state index in [2.05, 4.69) is 16.3 Å². The van der Waals surface area contributed by atoms with Crippen LogP contribution in [0.2, 0.25) is 0 Å². The Hall–Kier alpha value is -2.64. The van der Waals surface area contributed by atoms with Gasteiger partial charge in [0.25, 0.3) is 5.69 Å². The molecule has 1 N–H and O–H groups in total. The zero-order valence-corrected chi connectivity index (χ0v) is 16.4. The smallest absolute Gasteiger partial charge is 0.269 e. The lowest BCUT2D eigenvalue weighted by Gasteiger charge is -2.32. The number of benzene rings is 2. The molecule has 7 nitrogen and oxygen atoms in total. The molecule has 2 aromatic carbocycles. The Morgan fingerprint density at radius 2 is 1.93 bits per heavy atom. The molecule has 1 unspecified atom stereocenters.